The van der Waals surface area contributed by atoms with Crippen LogP contribution in [0.3, 0.4) is 0 Å². The number of carbonyl (C=O) groups excluding carboxylic acids is 3. The van der Waals surface area contributed by atoms with Gasteiger partial charge in [-0.1, -0.05) is 24.3 Å². The van der Waals surface area contributed by atoms with Crippen molar-refractivity contribution in [2.75, 3.05) is 26.2 Å². The van der Waals surface area contributed by atoms with E-state index >= 15 is 0 Å². The fourth-order valence-corrected chi connectivity index (χ4v) is 4.13. The highest BCUT2D eigenvalue weighted by atomic mass is 19.1. The Labute approximate surface area is 177 Å². The van der Waals surface area contributed by atoms with Crippen molar-refractivity contribution in [3.05, 3.63) is 65.6 Å². The van der Waals surface area contributed by atoms with Crippen molar-refractivity contribution < 1.29 is 18.8 Å². The molecule has 0 spiro atoms. The summed E-state index contributed by atoms with van der Waals surface area (Å²) in [7, 11) is 0. The Balaban J connectivity index is 1.25. The number of nitrogens with zero attached hydrogens (tertiary/aromatic N) is 3. The first-order valence-electron chi connectivity index (χ1n) is 10.1. The molecule has 5 rings (SSSR count). The van der Waals surface area contributed by atoms with Crippen LogP contribution in [-0.4, -0.2) is 64.3 Å². The van der Waals surface area contributed by atoms with E-state index in [1.165, 1.54) is 23.2 Å². The number of aromatic nitrogens is 1. The minimum absolute atomic E-state index is 0.0229. The summed E-state index contributed by atoms with van der Waals surface area (Å²) < 4.78 is 14.2. The van der Waals surface area contributed by atoms with E-state index in [2.05, 4.69) is 9.98 Å². The van der Waals surface area contributed by atoms with E-state index in [1.807, 2.05) is 24.3 Å². The summed E-state index contributed by atoms with van der Waals surface area (Å²) >= 11 is 0. The normalized spacial score (nSPS) is 15.7. The zero-order valence-electron chi connectivity index (χ0n) is 16.6. The van der Waals surface area contributed by atoms with Crippen LogP contribution < -0.4 is 0 Å². The van der Waals surface area contributed by atoms with Gasteiger partial charge in [0.1, 0.15) is 11.5 Å². The highest BCUT2D eigenvalue weighted by Gasteiger charge is 2.32. The molecular formula is C23H19FN4O3. The van der Waals surface area contributed by atoms with Crippen molar-refractivity contribution in [3.8, 4) is 0 Å². The van der Waals surface area contributed by atoms with Crippen LogP contribution in [0.5, 0.6) is 0 Å². The summed E-state index contributed by atoms with van der Waals surface area (Å²) in [5, 5.41) is 0.119. The summed E-state index contributed by atoms with van der Waals surface area (Å²) in [6.07, 6.45) is 1.86. The van der Waals surface area contributed by atoms with E-state index in [4.69, 9.17) is 0 Å². The Morgan fingerprint density at radius 3 is 2.45 bits per heavy atom. The van der Waals surface area contributed by atoms with Gasteiger partial charge in [-0.25, -0.2) is 9.38 Å². The molecule has 1 aromatic heterocycles. The molecule has 31 heavy (non-hydrogen) atoms. The van der Waals surface area contributed by atoms with Crippen LogP contribution >= 0.6 is 0 Å². The monoisotopic (exact) mass is 418 g/mol. The van der Waals surface area contributed by atoms with Crippen LogP contribution in [-0.2, 0) is 16.0 Å². The van der Waals surface area contributed by atoms with E-state index < -0.39 is 17.5 Å². The van der Waals surface area contributed by atoms with E-state index in [9.17, 15) is 18.8 Å². The number of rotatable bonds is 3. The number of aliphatic imine (C=N–C) groups is 1. The van der Waals surface area contributed by atoms with Crippen molar-refractivity contribution in [1.82, 2.24) is 14.8 Å². The van der Waals surface area contributed by atoms with Gasteiger partial charge in [-0.15, -0.1) is 0 Å². The predicted molar refractivity (Wildman–Crippen MR) is 113 cm³/mol. The molecule has 3 aromatic rings. The van der Waals surface area contributed by atoms with Gasteiger partial charge in [-0.2, -0.15) is 0 Å². The molecule has 0 atom stereocenters. The smallest absolute Gasteiger partial charge is 0.295 e. The lowest BCUT2D eigenvalue weighted by Gasteiger charge is -2.34. The van der Waals surface area contributed by atoms with Crippen LogP contribution in [0.25, 0.3) is 10.9 Å². The number of ketones is 1. The van der Waals surface area contributed by atoms with Crippen molar-refractivity contribution in [3.63, 3.8) is 0 Å². The molecule has 0 bridgehead atoms. The molecule has 7 nitrogen and oxygen atoms in total. The second kappa shape index (κ2) is 7.46. The third-order valence-electron chi connectivity index (χ3n) is 5.80. The molecule has 2 aromatic carbocycles. The number of H-pyrrole nitrogens is 1. The standard InChI is InChI=1S/C23H19FN4O3/c24-16-5-3-7-18-20(16)15(13-25-18)21(29)23(31)28-10-8-27(9-11-28)22(30)19-12-14-4-1-2-6-17(14)26-19/h1-7,13,25H,8-12H2. The van der Waals surface area contributed by atoms with Crippen LogP contribution in [0.2, 0.25) is 0 Å². The molecule has 2 amide bonds. The summed E-state index contributed by atoms with van der Waals surface area (Å²) in [5.41, 5.74) is 2.82. The van der Waals surface area contributed by atoms with Gasteiger partial charge in [0.05, 0.1) is 11.3 Å². The number of para-hydroxylation sites is 1. The minimum Gasteiger partial charge on any atom is -0.360 e. The molecule has 0 aliphatic carbocycles. The second-order valence-electron chi connectivity index (χ2n) is 7.64. The van der Waals surface area contributed by atoms with Crippen LogP contribution in [0, 0.1) is 5.82 Å². The Kier molecular flexibility index (Phi) is 4.62. The summed E-state index contributed by atoms with van der Waals surface area (Å²) in [6.45, 7) is 1.10. The maximum absolute atomic E-state index is 14.2. The maximum Gasteiger partial charge on any atom is 0.295 e. The molecule has 3 heterocycles. The second-order valence-corrected chi connectivity index (χ2v) is 7.64. The maximum atomic E-state index is 14.2. The van der Waals surface area contributed by atoms with Crippen LogP contribution in [0.4, 0.5) is 10.1 Å². The lowest BCUT2D eigenvalue weighted by atomic mass is 10.1. The van der Waals surface area contributed by atoms with Crippen molar-refractivity contribution in [1.29, 1.82) is 0 Å². The van der Waals surface area contributed by atoms with Crippen LogP contribution in [0.15, 0.2) is 53.7 Å². The van der Waals surface area contributed by atoms with Gasteiger partial charge < -0.3 is 14.8 Å². The Morgan fingerprint density at radius 1 is 0.935 bits per heavy atom. The number of amides is 2. The number of carbonyl (C=O) groups is 3. The molecule has 1 saturated heterocycles. The highest BCUT2D eigenvalue weighted by molar-refractivity contribution is 6.45. The lowest BCUT2D eigenvalue weighted by Crippen LogP contribution is -2.53. The van der Waals surface area contributed by atoms with Gasteiger partial charge in [-0.3, -0.25) is 14.4 Å². The van der Waals surface area contributed by atoms with Gasteiger partial charge in [0.2, 0.25) is 0 Å². The topological polar surface area (TPSA) is 85.8 Å². The van der Waals surface area contributed by atoms with Crippen molar-refractivity contribution >= 4 is 39.9 Å². The molecule has 2 aliphatic heterocycles. The zero-order chi connectivity index (χ0) is 21.5. The number of hydrogen-bond donors (Lipinski definition) is 1. The summed E-state index contributed by atoms with van der Waals surface area (Å²) in [6, 6.07) is 12.1. The third kappa shape index (κ3) is 3.30. The van der Waals surface area contributed by atoms with Gasteiger partial charge in [0, 0.05) is 49.7 Å². The molecular weight excluding hydrogens is 399 g/mol. The largest absolute Gasteiger partial charge is 0.360 e. The predicted octanol–water partition coefficient (Wildman–Crippen LogP) is 2.49. The molecule has 2 aliphatic rings. The third-order valence-corrected chi connectivity index (χ3v) is 5.80. The molecule has 8 heteroatoms. The number of aromatic amines is 1. The number of benzene rings is 2. The Bertz CT molecular complexity index is 1250. The fraction of sp³-hybridized carbons (Fsp3) is 0.217. The number of fused-ring (bicyclic) bond motifs is 2. The van der Waals surface area contributed by atoms with Gasteiger partial charge in [-0.05, 0) is 23.8 Å². The van der Waals surface area contributed by atoms with Crippen molar-refractivity contribution in [2.45, 2.75) is 6.42 Å². The molecule has 1 N–H and O–H groups in total. The highest BCUT2D eigenvalue weighted by Crippen LogP contribution is 2.27. The summed E-state index contributed by atoms with van der Waals surface area (Å²) in [4.78, 5) is 48.7. The quantitative estimate of drug-likeness (QED) is 0.524. The van der Waals surface area contributed by atoms with E-state index in [1.54, 1.807) is 11.0 Å². The number of piperazine rings is 1. The molecule has 0 unspecified atom stereocenters. The van der Waals surface area contributed by atoms with Crippen molar-refractivity contribution in [2.24, 2.45) is 4.99 Å². The summed E-state index contributed by atoms with van der Waals surface area (Å²) in [5.74, 6) is -2.15. The fourth-order valence-electron chi connectivity index (χ4n) is 4.13. The number of hydrogen-bond acceptors (Lipinski definition) is 4. The molecule has 156 valence electrons. The number of Topliss-reactive ketones (excluding diaryl/α,β-unsaturated/α-hetero) is 1. The van der Waals surface area contributed by atoms with E-state index in [0.29, 0.717) is 30.7 Å². The first kappa shape index (κ1) is 19.2. The molecule has 0 saturated carbocycles. The first-order chi connectivity index (χ1) is 15.0. The minimum atomic E-state index is -0.758. The average molecular weight is 418 g/mol. The zero-order valence-corrected chi connectivity index (χ0v) is 16.6. The van der Waals surface area contributed by atoms with E-state index in [0.717, 1.165) is 11.3 Å². The molecule has 0 radical (unpaired) electrons. The lowest BCUT2D eigenvalue weighted by molar-refractivity contribution is -0.133. The Morgan fingerprint density at radius 2 is 1.68 bits per heavy atom. The SMILES string of the molecule is O=C(C(=O)N1CCN(C(=O)C2=Nc3ccccc3C2)CC1)c1c[nH]c2cccc(F)c12. The van der Waals surface area contributed by atoms with Gasteiger partial charge >= 0.3 is 0 Å². The van der Waals surface area contributed by atoms with E-state index in [-0.39, 0.29) is 29.9 Å². The van der Waals surface area contributed by atoms with Gasteiger partial charge in [0.25, 0.3) is 17.6 Å². The van der Waals surface area contributed by atoms with Crippen LogP contribution in [0.1, 0.15) is 15.9 Å². The molecule has 1 fully saturated rings. The van der Waals surface area contributed by atoms with Gasteiger partial charge in [0.15, 0.2) is 0 Å². The number of nitrogens with one attached hydrogen (secondary N) is 1. The Hall–Kier alpha value is -3.81. The average Bonchev–Trinajstić information content (AvgIpc) is 3.43. The first-order valence-corrected chi connectivity index (χ1v) is 10.1. The number of halogens is 1.